The van der Waals surface area contributed by atoms with Crippen LogP contribution >= 0.6 is 11.6 Å². The van der Waals surface area contributed by atoms with Crippen molar-refractivity contribution in [1.29, 1.82) is 0 Å². The molecule has 0 amide bonds. The van der Waals surface area contributed by atoms with Crippen molar-refractivity contribution in [3.8, 4) is 23.1 Å². The van der Waals surface area contributed by atoms with E-state index in [1.165, 1.54) is 0 Å². The minimum absolute atomic E-state index is 0.00630. The first kappa shape index (κ1) is 17.2. The second-order valence-corrected chi connectivity index (χ2v) is 6.51. The molecule has 27 heavy (non-hydrogen) atoms. The highest BCUT2D eigenvalue weighted by molar-refractivity contribution is 6.33. The number of hydrogen-bond acceptors (Lipinski definition) is 5. The van der Waals surface area contributed by atoms with Gasteiger partial charge in [-0.15, -0.1) is 0 Å². The minimum atomic E-state index is -0.311. The molecule has 0 saturated carbocycles. The van der Waals surface area contributed by atoms with Crippen molar-refractivity contribution in [1.82, 2.24) is 9.97 Å². The van der Waals surface area contributed by atoms with Crippen LogP contribution in [-0.4, -0.2) is 9.97 Å². The van der Waals surface area contributed by atoms with Crippen molar-refractivity contribution in [2.24, 2.45) is 0 Å². The maximum Gasteiger partial charge on any atom is 0.322 e. The zero-order valence-electron chi connectivity index (χ0n) is 14.7. The van der Waals surface area contributed by atoms with Gasteiger partial charge in [-0.2, -0.15) is 0 Å². The van der Waals surface area contributed by atoms with Gasteiger partial charge < -0.3 is 9.15 Å². The quantitative estimate of drug-likeness (QED) is 0.483. The second-order valence-electron chi connectivity index (χ2n) is 6.10. The van der Waals surface area contributed by atoms with E-state index in [1.54, 1.807) is 42.5 Å². The lowest BCUT2D eigenvalue weighted by Gasteiger charge is -2.12. The molecular formula is C21H15ClN2O3. The topological polar surface area (TPSA) is 65.2 Å². The van der Waals surface area contributed by atoms with E-state index < -0.39 is 0 Å². The van der Waals surface area contributed by atoms with Crippen molar-refractivity contribution in [2.75, 3.05) is 0 Å². The van der Waals surface area contributed by atoms with Crippen LogP contribution in [0.2, 0.25) is 5.02 Å². The van der Waals surface area contributed by atoms with Crippen LogP contribution in [0.5, 0.6) is 11.8 Å². The molecule has 0 fully saturated rings. The molecule has 134 valence electrons. The molecule has 0 N–H and O–H groups in total. The molecule has 6 heteroatoms. The Balaban J connectivity index is 1.99. The van der Waals surface area contributed by atoms with E-state index in [0.717, 1.165) is 11.4 Å². The number of para-hydroxylation sites is 1. The van der Waals surface area contributed by atoms with E-state index in [4.69, 9.17) is 20.8 Å². The number of ether oxygens (including phenoxy) is 1. The van der Waals surface area contributed by atoms with E-state index in [1.807, 2.05) is 26.0 Å². The standard InChI is InChI=1S/C21H15ClN2O3/c1-12-11-13(2)24-21(23-12)27-20-18(25)15-8-4-6-10-17(15)26-19(20)14-7-3-5-9-16(14)22/h3-11H,1-2H3. The first-order valence-corrected chi connectivity index (χ1v) is 8.71. The van der Waals surface area contributed by atoms with Crippen molar-refractivity contribution in [3.63, 3.8) is 0 Å². The van der Waals surface area contributed by atoms with Crippen LogP contribution in [-0.2, 0) is 0 Å². The molecule has 0 unspecified atom stereocenters. The molecule has 0 bridgehead atoms. The molecule has 0 aliphatic heterocycles. The van der Waals surface area contributed by atoms with Gasteiger partial charge >= 0.3 is 6.01 Å². The molecule has 0 spiro atoms. The first-order valence-electron chi connectivity index (χ1n) is 8.34. The van der Waals surface area contributed by atoms with Gasteiger partial charge in [-0.25, -0.2) is 9.97 Å². The fraction of sp³-hybridized carbons (Fsp3) is 0.0952. The van der Waals surface area contributed by atoms with Crippen LogP contribution in [0.4, 0.5) is 0 Å². The maximum atomic E-state index is 13.1. The highest BCUT2D eigenvalue weighted by Gasteiger charge is 2.21. The normalized spacial score (nSPS) is 10.9. The molecule has 0 saturated heterocycles. The maximum absolute atomic E-state index is 13.1. The van der Waals surface area contributed by atoms with Gasteiger partial charge in [-0.05, 0) is 44.2 Å². The Labute approximate surface area is 160 Å². The van der Waals surface area contributed by atoms with Crippen LogP contribution < -0.4 is 10.2 Å². The predicted molar refractivity (Wildman–Crippen MR) is 105 cm³/mol. The van der Waals surface area contributed by atoms with Gasteiger partial charge in [0.25, 0.3) is 0 Å². The van der Waals surface area contributed by atoms with Crippen LogP contribution in [0.3, 0.4) is 0 Å². The van der Waals surface area contributed by atoms with Gasteiger partial charge in [-0.3, -0.25) is 4.79 Å². The van der Waals surface area contributed by atoms with Crippen LogP contribution in [0.15, 0.2) is 63.8 Å². The van der Waals surface area contributed by atoms with Gasteiger partial charge in [0.15, 0.2) is 5.76 Å². The highest BCUT2D eigenvalue weighted by Crippen LogP contribution is 2.36. The number of hydrogen-bond donors (Lipinski definition) is 0. The second kappa shape index (κ2) is 6.85. The third kappa shape index (κ3) is 3.29. The zero-order valence-corrected chi connectivity index (χ0v) is 15.4. The van der Waals surface area contributed by atoms with Crippen molar-refractivity contribution >= 4 is 22.6 Å². The number of fused-ring (bicyclic) bond motifs is 1. The Bertz CT molecular complexity index is 1200. The molecule has 2 aromatic carbocycles. The van der Waals surface area contributed by atoms with Crippen LogP contribution in [0.1, 0.15) is 11.4 Å². The van der Waals surface area contributed by atoms with E-state index >= 15 is 0 Å². The van der Waals surface area contributed by atoms with Crippen LogP contribution in [0, 0.1) is 13.8 Å². The third-order valence-corrected chi connectivity index (χ3v) is 4.36. The summed E-state index contributed by atoms with van der Waals surface area (Å²) in [6.07, 6.45) is 0. The monoisotopic (exact) mass is 378 g/mol. The van der Waals surface area contributed by atoms with E-state index in [-0.39, 0.29) is 22.9 Å². The summed E-state index contributed by atoms with van der Waals surface area (Å²) in [6, 6.07) is 16.0. The van der Waals surface area contributed by atoms with E-state index in [0.29, 0.717) is 21.6 Å². The Morgan fingerprint density at radius 2 is 1.63 bits per heavy atom. The summed E-state index contributed by atoms with van der Waals surface area (Å²) in [4.78, 5) is 21.6. The van der Waals surface area contributed by atoms with Crippen molar-refractivity contribution in [2.45, 2.75) is 13.8 Å². The van der Waals surface area contributed by atoms with E-state index in [9.17, 15) is 4.79 Å². The molecule has 2 heterocycles. The van der Waals surface area contributed by atoms with Gasteiger partial charge in [0.2, 0.25) is 11.2 Å². The largest absolute Gasteiger partial charge is 0.452 e. The number of nitrogens with zero attached hydrogens (tertiary/aromatic N) is 2. The van der Waals surface area contributed by atoms with Gasteiger partial charge in [0, 0.05) is 17.0 Å². The average Bonchev–Trinajstić information content (AvgIpc) is 2.64. The average molecular weight is 379 g/mol. The SMILES string of the molecule is Cc1cc(C)nc(Oc2c(-c3ccccc3Cl)oc3ccccc3c2=O)n1. The number of aryl methyl sites for hydroxylation is 2. The van der Waals surface area contributed by atoms with Gasteiger partial charge in [0.1, 0.15) is 5.58 Å². The number of rotatable bonds is 3. The molecule has 0 radical (unpaired) electrons. The van der Waals surface area contributed by atoms with Crippen molar-refractivity contribution in [3.05, 3.63) is 81.2 Å². The Morgan fingerprint density at radius 1 is 0.963 bits per heavy atom. The fourth-order valence-electron chi connectivity index (χ4n) is 2.87. The molecule has 0 aliphatic rings. The van der Waals surface area contributed by atoms with Crippen LogP contribution in [0.25, 0.3) is 22.3 Å². The van der Waals surface area contributed by atoms with Gasteiger partial charge in [-0.1, -0.05) is 35.9 Å². The Kier molecular flexibility index (Phi) is 4.38. The van der Waals surface area contributed by atoms with Gasteiger partial charge in [0.05, 0.1) is 10.4 Å². The van der Waals surface area contributed by atoms with E-state index in [2.05, 4.69) is 9.97 Å². The smallest absolute Gasteiger partial charge is 0.322 e. The molecule has 4 rings (SSSR count). The van der Waals surface area contributed by atoms with Crippen molar-refractivity contribution < 1.29 is 9.15 Å². The Morgan fingerprint density at radius 3 is 2.37 bits per heavy atom. The fourth-order valence-corrected chi connectivity index (χ4v) is 3.09. The molecule has 4 aromatic rings. The summed E-state index contributed by atoms with van der Waals surface area (Å²) in [5.74, 6) is 0.249. The zero-order chi connectivity index (χ0) is 19.0. The lowest BCUT2D eigenvalue weighted by molar-refractivity contribution is 0.421. The summed E-state index contributed by atoms with van der Waals surface area (Å²) in [6.45, 7) is 3.67. The highest BCUT2D eigenvalue weighted by atomic mass is 35.5. The number of benzene rings is 2. The molecule has 0 atom stereocenters. The third-order valence-electron chi connectivity index (χ3n) is 4.03. The summed E-state index contributed by atoms with van der Waals surface area (Å²) < 4.78 is 11.8. The number of halogens is 1. The molecule has 0 aliphatic carbocycles. The minimum Gasteiger partial charge on any atom is -0.452 e. The lowest BCUT2D eigenvalue weighted by atomic mass is 10.1. The molecule has 5 nitrogen and oxygen atoms in total. The summed E-state index contributed by atoms with van der Waals surface area (Å²) in [5.41, 5.74) is 2.17. The summed E-state index contributed by atoms with van der Waals surface area (Å²) >= 11 is 6.34. The first-order chi connectivity index (χ1) is 13.0. The number of aromatic nitrogens is 2. The lowest BCUT2D eigenvalue weighted by Crippen LogP contribution is -2.09. The summed E-state index contributed by atoms with van der Waals surface area (Å²) in [7, 11) is 0. The summed E-state index contributed by atoms with van der Waals surface area (Å²) in [5, 5.41) is 0.856. The predicted octanol–water partition coefficient (Wildman–Crippen LogP) is 5.31. The Hall–Kier alpha value is -3.18. The molecular weight excluding hydrogens is 364 g/mol. The molecule has 2 aromatic heterocycles.